The van der Waals surface area contributed by atoms with E-state index in [1.165, 1.54) is 16.7 Å². The molecule has 2 aromatic rings. The van der Waals surface area contributed by atoms with Crippen molar-refractivity contribution in [1.82, 2.24) is 20.1 Å². The molecular formula is C26H28F3N5O3. The molecule has 2 N–H and O–H groups in total. The van der Waals surface area contributed by atoms with Crippen LogP contribution in [0.15, 0.2) is 47.4 Å². The van der Waals surface area contributed by atoms with E-state index >= 15 is 0 Å². The molecule has 11 heteroatoms. The predicted octanol–water partition coefficient (Wildman–Crippen LogP) is 2.65. The molecule has 1 saturated heterocycles. The first-order valence-corrected chi connectivity index (χ1v) is 12.2. The van der Waals surface area contributed by atoms with E-state index in [9.17, 15) is 27.6 Å². The van der Waals surface area contributed by atoms with Gasteiger partial charge in [-0.05, 0) is 55.4 Å². The minimum atomic E-state index is -4.55. The number of alkyl halides is 3. The molecule has 4 rings (SSSR count). The van der Waals surface area contributed by atoms with Gasteiger partial charge in [-0.3, -0.25) is 19.3 Å². The maximum Gasteiger partial charge on any atom is 0.416 e. The summed E-state index contributed by atoms with van der Waals surface area (Å²) < 4.78 is 39.9. The minimum Gasteiger partial charge on any atom is -0.349 e. The first kappa shape index (κ1) is 26.4. The van der Waals surface area contributed by atoms with Crippen LogP contribution < -0.4 is 16.2 Å². The van der Waals surface area contributed by atoms with Crippen LogP contribution in [0.3, 0.4) is 0 Å². The maximum atomic E-state index is 12.8. The normalized spacial score (nSPS) is 20.5. The van der Waals surface area contributed by atoms with Gasteiger partial charge in [0, 0.05) is 37.0 Å². The molecule has 1 aromatic heterocycles. The van der Waals surface area contributed by atoms with Crippen molar-refractivity contribution in [2.75, 3.05) is 19.6 Å². The van der Waals surface area contributed by atoms with E-state index in [2.05, 4.69) is 15.5 Å². The summed E-state index contributed by atoms with van der Waals surface area (Å²) in [5, 5.41) is 14.1. The van der Waals surface area contributed by atoms with Crippen molar-refractivity contribution in [3.63, 3.8) is 0 Å². The topological polar surface area (TPSA) is 107 Å². The van der Waals surface area contributed by atoms with Gasteiger partial charge >= 0.3 is 6.18 Å². The van der Waals surface area contributed by atoms with Gasteiger partial charge in [0.25, 0.3) is 11.5 Å². The Bertz CT molecular complexity index is 1240. The van der Waals surface area contributed by atoms with Crippen LogP contribution in [0.25, 0.3) is 0 Å². The van der Waals surface area contributed by atoms with Crippen LogP contribution >= 0.6 is 0 Å². The second-order valence-corrected chi connectivity index (χ2v) is 9.57. The van der Waals surface area contributed by atoms with Crippen molar-refractivity contribution in [3.8, 4) is 6.07 Å². The lowest BCUT2D eigenvalue weighted by molar-refractivity contribution is -0.137. The molecule has 1 aliphatic carbocycles. The lowest BCUT2D eigenvalue weighted by Gasteiger charge is -2.46. The molecule has 1 aliphatic heterocycles. The summed E-state index contributed by atoms with van der Waals surface area (Å²) in [5.41, 5.74) is -0.176. The van der Waals surface area contributed by atoms with Crippen molar-refractivity contribution < 1.29 is 22.8 Å². The van der Waals surface area contributed by atoms with Crippen molar-refractivity contribution in [3.05, 3.63) is 69.6 Å². The first-order valence-electron chi connectivity index (χ1n) is 12.2. The number of benzene rings is 1. The molecule has 37 heavy (non-hydrogen) atoms. The van der Waals surface area contributed by atoms with Crippen LogP contribution in [-0.4, -0.2) is 53.0 Å². The molecule has 196 valence electrons. The summed E-state index contributed by atoms with van der Waals surface area (Å²) in [4.78, 5) is 38.5. The Hall–Kier alpha value is -3.65. The fourth-order valence-corrected chi connectivity index (χ4v) is 5.05. The number of halogens is 3. The number of pyridine rings is 1. The summed E-state index contributed by atoms with van der Waals surface area (Å²) in [6, 6.07) is 9.81. The zero-order chi connectivity index (χ0) is 26.6. The maximum absolute atomic E-state index is 12.8. The molecule has 0 radical (unpaired) electrons. The monoisotopic (exact) mass is 515 g/mol. The fraction of sp³-hybridized carbons (Fsp3) is 0.462. The van der Waals surface area contributed by atoms with Crippen LogP contribution in [0.5, 0.6) is 0 Å². The highest BCUT2D eigenvalue weighted by molar-refractivity contribution is 5.96. The van der Waals surface area contributed by atoms with E-state index in [1.54, 1.807) is 6.20 Å². The lowest BCUT2D eigenvalue weighted by atomic mass is 9.81. The molecule has 0 atom stereocenters. The Morgan fingerprint density at radius 1 is 1.08 bits per heavy atom. The number of nitriles is 1. The summed E-state index contributed by atoms with van der Waals surface area (Å²) in [5.74, 6) is -0.781. The van der Waals surface area contributed by atoms with Gasteiger partial charge in [0.05, 0.1) is 24.2 Å². The number of likely N-dealkylation sites (tertiary alicyclic amines) is 1. The molecular weight excluding hydrogens is 487 g/mol. The number of hydrogen-bond donors (Lipinski definition) is 2. The number of aromatic nitrogens is 1. The molecule has 0 spiro atoms. The second-order valence-electron chi connectivity index (χ2n) is 9.57. The molecule has 0 bridgehead atoms. The highest BCUT2D eigenvalue weighted by Crippen LogP contribution is 2.35. The smallest absolute Gasteiger partial charge is 0.349 e. The number of nitrogens with zero attached hydrogens (tertiary/aromatic N) is 3. The van der Waals surface area contributed by atoms with Crippen molar-refractivity contribution in [1.29, 1.82) is 5.26 Å². The van der Waals surface area contributed by atoms with Gasteiger partial charge in [0.15, 0.2) is 0 Å². The van der Waals surface area contributed by atoms with Crippen LogP contribution in [0.2, 0.25) is 0 Å². The van der Waals surface area contributed by atoms with Crippen LogP contribution in [0, 0.1) is 11.3 Å². The first-order chi connectivity index (χ1) is 17.6. The molecule has 2 fully saturated rings. The molecule has 2 heterocycles. The zero-order valence-corrected chi connectivity index (χ0v) is 20.1. The Morgan fingerprint density at radius 3 is 2.49 bits per heavy atom. The van der Waals surface area contributed by atoms with Gasteiger partial charge in [-0.15, -0.1) is 0 Å². The Balaban J connectivity index is 1.17. The SMILES string of the molecule is N#CCn1cc([C@H]2CC[C@@H](N3CC(NC(=O)CNC(=O)c4cccc(C(F)(F)F)c4)C3)CC2)ccc1=O. The molecule has 1 aromatic carbocycles. The van der Waals surface area contributed by atoms with E-state index in [-0.39, 0.29) is 36.2 Å². The highest BCUT2D eigenvalue weighted by Gasteiger charge is 2.35. The standard InChI is InChI=1S/C26H28F3N5O3/c27-26(28,29)20-3-1-2-18(12-20)25(37)31-13-23(35)32-21-15-34(16-21)22-7-4-17(5-8-22)19-6-9-24(36)33(14-19)11-10-30/h1-3,6,9,12,14,17,21-22H,4-5,7-8,11,13,15-16H2,(H,31,37)(H,32,35)/t17-,22+. The third-order valence-electron chi connectivity index (χ3n) is 7.07. The number of nitrogens with one attached hydrogen (secondary N) is 2. The average Bonchev–Trinajstić information content (AvgIpc) is 2.86. The van der Waals surface area contributed by atoms with Gasteiger partial charge in [0.2, 0.25) is 5.91 Å². The average molecular weight is 516 g/mol. The van der Waals surface area contributed by atoms with E-state index in [4.69, 9.17) is 5.26 Å². The number of carbonyl (C=O) groups excluding carboxylic acids is 2. The predicted molar refractivity (Wildman–Crippen MR) is 129 cm³/mol. The van der Waals surface area contributed by atoms with Gasteiger partial charge < -0.3 is 15.2 Å². The number of amides is 2. The van der Waals surface area contributed by atoms with Crippen LogP contribution in [-0.2, 0) is 17.5 Å². The second kappa shape index (κ2) is 11.2. The van der Waals surface area contributed by atoms with Crippen molar-refractivity contribution in [2.24, 2.45) is 0 Å². The quantitative estimate of drug-likeness (QED) is 0.590. The number of carbonyl (C=O) groups is 2. The number of hydrogen-bond acceptors (Lipinski definition) is 5. The van der Waals surface area contributed by atoms with Gasteiger partial charge in [-0.2, -0.15) is 18.4 Å². The molecule has 8 nitrogen and oxygen atoms in total. The van der Waals surface area contributed by atoms with Gasteiger partial charge in [-0.1, -0.05) is 12.1 Å². The third-order valence-corrected chi connectivity index (χ3v) is 7.07. The van der Waals surface area contributed by atoms with E-state index in [1.807, 2.05) is 12.1 Å². The molecule has 2 aliphatic rings. The summed E-state index contributed by atoms with van der Waals surface area (Å²) in [6.45, 7) is 1.13. The van der Waals surface area contributed by atoms with Crippen LogP contribution in [0.4, 0.5) is 13.2 Å². The van der Waals surface area contributed by atoms with Crippen molar-refractivity contribution >= 4 is 11.8 Å². The van der Waals surface area contributed by atoms with E-state index in [0.29, 0.717) is 25.0 Å². The van der Waals surface area contributed by atoms with E-state index in [0.717, 1.165) is 49.4 Å². The van der Waals surface area contributed by atoms with Gasteiger partial charge in [0.1, 0.15) is 6.54 Å². The summed E-state index contributed by atoms with van der Waals surface area (Å²) >= 11 is 0. The summed E-state index contributed by atoms with van der Waals surface area (Å²) in [7, 11) is 0. The third kappa shape index (κ3) is 6.57. The van der Waals surface area contributed by atoms with Crippen molar-refractivity contribution in [2.45, 2.75) is 56.4 Å². The fourth-order valence-electron chi connectivity index (χ4n) is 5.05. The largest absolute Gasteiger partial charge is 0.416 e. The zero-order valence-electron chi connectivity index (χ0n) is 20.1. The Kier molecular flexibility index (Phi) is 7.97. The van der Waals surface area contributed by atoms with E-state index < -0.39 is 17.6 Å². The van der Waals surface area contributed by atoms with Crippen LogP contribution in [0.1, 0.15) is 53.1 Å². The Morgan fingerprint density at radius 2 is 1.81 bits per heavy atom. The van der Waals surface area contributed by atoms with Gasteiger partial charge in [-0.25, -0.2) is 0 Å². The minimum absolute atomic E-state index is 0.0368. The molecule has 0 unspecified atom stereocenters. The number of rotatable bonds is 7. The molecule has 2 amide bonds. The molecule has 1 saturated carbocycles. The highest BCUT2D eigenvalue weighted by atomic mass is 19.4. The Labute approximate surface area is 212 Å². The lowest BCUT2D eigenvalue weighted by Crippen LogP contribution is -2.63. The summed E-state index contributed by atoms with van der Waals surface area (Å²) in [6.07, 6.45) is 1.19.